The first-order chi connectivity index (χ1) is 17.2. The molecule has 1 saturated carbocycles. The normalized spacial score (nSPS) is 20.2. The van der Waals surface area contributed by atoms with Gasteiger partial charge in [-0.15, -0.1) is 15.3 Å². The zero-order chi connectivity index (χ0) is 25.4. The van der Waals surface area contributed by atoms with E-state index in [2.05, 4.69) is 14.8 Å². The summed E-state index contributed by atoms with van der Waals surface area (Å²) in [6.45, 7) is 5.98. The lowest BCUT2D eigenvalue weighted by Crippen LogP contribution is -2.31. The number of carbonyl (C=O) groups excluding carboxylic acids is 1. The van der Waals surface area contributed by atoms with Crippen LogP contribution in [-0.2, 0) is 22.7 Å². The summed E-state index contributed by atoms with van der Waals surface area (Å²) >= 11 is 6.33. The quantitative estimate of drug-likeness (QED) is 0.364. The molecular weight excluding hydrogens is 483 g/mol. The minimum Gasteiger partial charge on any atom is -0.427 e. The van der Waals surface area contributed by atoms with Crippen molar-refractivity contribution in [3.63, 3.8) is 0 Å². The third-order valence-corrected chi connectivity index (χ3v) is 6.96. The lowest BCUT2D eigenvalue weighted by molar-refractivity contribution is -0.155. The smallest absolute Gasteiger partial charge is 0.427 e. The largest absolute Gasteiger partial charge is 0.528 e. The summed E-state index contributed by atoms with van der Waals surface area (Å²) in [7, 11) is 0. The maximum absolute atomic E-state index is 13.3. The molecule has 1 aromatic heterocycles. The predicted molar refractivity (Wildman–Crippen MR) is 133 cm³/mol. The van der Waals surface area contributed by atoms with Gasteiger partial charge in [0.1, 0.15) is 17.2 Å². The molecule has 0 atom stereocenters. The van der Waals surface area contributed by atoms with Crippen molar-refractivity contribution in [3.05, 3.63) is 76.1 Å². The second-order valence-electron chi connectivity index (χ2n) is 10.5. The second-order valence-corrected chi connectivity index (χ2v) is 11.0. The van der Waals surface area contributed by atoms with Crippen LogP contribution in [-0.4, -0.2) is 31.6 Å². The van der Waals surface area contributed by atoms with E-state index >= 15 is 0 Å². The first-order valence-electron chi connectivity index (χ1n) is 12.3. The Labute approximate surface area is 215 Å². The maximum Gasteiger partial charge on any atom is 0.528 e. The third-order valence-electron chi connectivity index (χ3n) is 6.73. The van der Waals surface area contributed by atoms with E-state index in [1.165, 1.54) is 22.8 Å². The summed E-state index contributed by atoms with van der Waals surface area (Å²) in [6.07, 6.45) is 3.15. The summed E-state index contributed by atoms with van der Waals surface area (Å²) in [5, 5.41) is 11.2. The minimum atomic E-state index is -0.765. The SMILES string of the molecule is CC(C)(C)OC(=O)ON1Cc2cc(Cl)ccc2-n2c(nnc2C2CCC(c3ccc(F)cc3)CC2)C1. The van der Waals surface area contributed by atoms with Gasteiger partial charge in [0.25, 0.3) is 0 Å². The average Bonchev–Trinajstić information content (AvgIpc) is 3.15. The molecule has 5 rings (SSSR count). The second kappa shape index (κ2) is 9.82. The molecule has 0 amide bonds. The van der Waals surface area contributed by atoms with E-state index in [1.807, 2.05) is 30.3 Å². The van der Waals surface area contributed by atoms with Gasteiger partial charge in [-0.1, -0.05) is 23.7 Å². The number of halogens is 2. The van der Waals surface area contributed by atoms with Crippen molar-refractivity contribution in [3.8, 4) is 5.69 Å². The molecule has 0 unspecified atom stereocenters. The summed E-state index contributed by atoms with van der Waals surface area (Å²) in [6, 6.07) is 12.6. The number of hydroxylamine groups is 2. The summed E-state index contributed by atoms with van der Waals surface area (Å²) < 4.78 is 20.8. The standard InChI is InChI=1S/C27H30ClFN4O3/c1-27(2,3)35-26(34)36-32-15-20-14-21(28)10-13-23(20)33-24(16-32)30-31-25(33)19-6-4-17(5-7-19)18-8-11-22(29)12-9-18/h8-14,17,19H,4-7,15-16H2,1-3H3. The fraction of sp³-hybridized carbons (Fsp3) is 0.444. The first kappa shape index (κ1) is 24.7. The van der Waals surface area contributed by atoms with Crippen LogP contribution in [0, 0.1) is 5.82 Å². The number of hydrogen-bond acceptors (Lipinski definition) is 6. The van der Waals surface area contributed by atoms with Gasteiger partial charge in [-0.25, -0.2) is 9.18 Å². The topological polar surface area (TPSA) is 69.5 Å². The van der Waals surface area contributed by atoms with Crippen molar-refractivity contribution in [1.29, 1.82) is 0 Å². The molecule has 2 aromatic carbocycles. The van der Waals surface area contributed by atoms with Crippen molar-refractivity contribution in [2.24, 2.45) is 0 Å². The molecule has 2 aliphatic rings. The molecule has 2 heterocycles. The Balaban J connectivity index is 1.39. The summed E-state index contributed by atoms with van der Waals surface area (Å²) in [5.74, 6) is 2.05. The van der Waals surface area contributed by atoms with Crippen molar-refractivity contribution in [1.82, 2.24) is 19.8 Å². The van der Waals surface area contributed by atoms with Crippen LogP contribution in [0.15, 0.2) is 42.5 Å². The maximum atomic E-state index is 13.3. The highest BCUT2D eigenvalue weighted by molar-refractivity contribution is 6.30. The van der Waals surface area contributed by atoms with E-state index < -0.39 is 11.8 Å². The number of nitrogens with zero attached hydrogens (tertiary/aromatic N) is 4. The average molecular weight is 513 g/mol. The molecule has 0 spiro atoms. The number of ether oxygens (including phenoxy) is 1. The van der Waals surface area contributed by atoms with Gasteiger partial charge < -0.3 is 9.57 Å². The van der Waals surface area contributed by atoms with Crippen molar-refractivity contribution >= 4 is 17.8 Å². The molecule has 9 heteroatoms. The molecule has 1 fully saturated rings. The van der Waals surface area contributed by atoms with Gasteiger partial charge in [-0.2, -0.15) is 0 Å². The van der Waals surface area contributed by atoms with Gasteiger partial charge in [0.2, 0.25) is 0 Å². The molecule has 1 aliphatic carbocycles. The Morgan fingerprint density at radius 2 is 1.69 bits per heavy atom. The van der Waals surface area contributed by atoms with E-state index in [-0.39, 0.29) is 18.3 Å². The van der Waals surface area contributed by atoms with Crippen LogP contribution in [0.4, 0.5) is 9.18 Å². The molecule has 190 valence electrons. The number of hydrogen-bond donors (Lipinski definition) is 0. The lowest BCUT2D eigenvalue weighted by atomic mass is 9.78. The van der Waals surface area contributed by atoms with Gasteiger partial charge in [-0.05, 0) is 93.8 Å². The molecule has 0 saturated heterocycles. The number of aromatic nitrogens is 3. The molecule has 7 nitrogen and oxygen atoms in total. The molecule has 0 N–H and O–H groups in total. The minimum absolute atomic E-state index is 0.206. The molecular formula is C27H30ClFN4O3. The Kier molecular flexibility index (Phi) is 6.74. The first-order valence-corrected chi connectivity index (χ1v) is 12.7. The van der Waals surface area contributed by atoms with Gasteiger partial charge in [0.05, 0.1) is 18.8 Å². The Morgan fingerprint density at radius 1 is 1.00 bits per heavy atom. The van der Waals surface area contributed by atoms with Crippen LogP contribution in [0.1, 0.15) is 81.1 Å². The summed E-state index contributed by atoms with van der Waals surface area (Å²) in [4.78, 5) is 17.9. The van der Waals surface area contributed by atoms with E-state index in [0.29, 0.717) is 23.3 Å². The Hall–Kier alpha value is -2.97. The zero-order valence-corrected chi connectivity index (χ0v) is 21.5. The highest BCUT2D eigenvalue weighted by atomic mass is 35.5. The van der Waals surface area contributed by atoms with Crippen LogP contribution in [0.2, 0.25) is 5.02 Å². The van der Waals surface area contributed by atoms with Crippen LogP contribution in [0.5, 0.6) is 0 Å². The summed E-state index contributed by atoms with van der Waals surface area (Å²) in [5.41, 5.74) is 2.37. The number of fused-ring (bicyclic) bond motifs is 3. The van der Waals surface area contributed by atoms with Crippen molar-refractivity contribution in [2.45, 2.75) is 77.0 Å². The fourth-order valence-corrected chi connectivity index (χ4v) is 5.32. The van der Waals surface area contributed by atoms with Gasteiger partial charge in [0.15, 0.2) is 5.82 Å². The van der Waals surface area contributed by atoms with E-state index in [0.717, 1.165) is 42.8 Å². The monoisotopic (exact) mass is 512 g/mol. The van der Waals surface area contributed by atoms with Crippen molar-refractivity contribution in [2.75, 3.05) is 0 Å². The number of carbonyl (C=O) groups is 1. The van der Waals surface area contributed by atoms with Crippen LogP contribution >= 0.6 is 11.6 Å². The van der Waals surface area contributed by atoms with Crippen molar-refractivity contribution < 1.29 is 18.8 Å². The Morgan fingerprint density at radius 3 is 2.39 bits per heavy atom. The third kappa shape index (κ3) is 5.39. The van der Waals surface area contributed by atoms with Gasteiger partial charge in [0, 0.05) is 10.9 Å². The van der Waals surface area contributed by atoms with E-state index in [1.54, 1.807) is 20.8 Å². The molecule has 36 heavy (non-hydrogen) atoms. The van der Waals surface area contributed by atoms with Gasteiger partial charge >= 0.3 is 6.16 Å². The van der Waals surface area contributed by atoms with E-state index in [9.17, 15) is 9.18 Å². The molecule has 0 radical (unpaired) electrons. The number of benzene rings is 2. The predicted octanol–water partition coefficient (Wildman–Crippen LogP) is 6.68. The van der Waals surface area contributed by atoms with E-state index in [4.69, 9.17) is 21.2 Å². The zero-order valence-electron chi connectivity index (χ0n) is 20.7. The highest BCUT2D eigenvalue weighted by Gasteiger charge is 2.32. The van der Waals surface area contributed by atoms with Crippen LogP contribution in [0.25, 0.3) is 5.69 Å². The molecule has 3 aromatic rings. The van der Waals surface area contributed by atoms with Crippen LogP contribution < -0.4 is 0 Å². The highest BCUT2D eigenvalue weighted by Crippen LogP contribution is 2.41. The lowest BCUT2D eigenvalue weighted by Gasteiger charge is -2.28. The van der Waals surface area contributed by atoms with Gasteiger partial charge in [-0.3, -0.25) is 4.57 Å². The number of rotatable bonds is 3. The Bertz CT molecular complexity index is 1250. The van der Waals surface area contributed by atoms with Crippen LogP contribution in [0.3, 0.4) is 0 Å². The fourth-order valence-electron chi connectivity index (χ4n) is 5.12. The molecule has 0 bridgehead atoms. The molecule has 1 aliphatic heterocycles.